The minimum atomic E-state index is -0.885. The van der Waals surface area contributed by atoms with E-state index in [2.05, 4.69) is 4.74 Å². The first kappa shape index (κ1) is 24.3. The zero-order valence-electron chi connectivity index (χ0n) is 19.6. The van der Waals surface area contributed by atoms with E-state index >= 15 is 0 Å². The predicted molar refractivity (Wildman–Crippen MR) is 121 cm³/mol. The van der Waals surface area contributed by atoms with Crippen molar-refractivity contribution in [2.75, 3.05) is 20.2 Å². The van der Waals surface area contributed by atoms with Gasteiger partial charge in [-0.05, 0) is 56.4 Å². The van der Waals surface area contributed by atoms with Crippen molar-refractivity contribution < 1.29 is 28.7 Å². The lowest BCUT2D eigenvalue weighted by Gasteiger charge is -2.29. The summed E-state index contributed by atoms with van der Waals surface area (Å²) in [6, 6.07) is 4.76. The van der Waals surface area contributed by atoms with Gasteiger partial charge in [0.05, 0.1) is 7.11 Å². The maximum absolute atomic E-state index is 13.1. The molecule has 1 aromatic carbocycles. The highest BCUT2D eigenvalue weighted by Gasteiger charge is 2.36. The molecule has 0 radical (unpaired) electrons. The van der Waals surface area contributed by atoms with Gasteiger partial charge in [0.25, 0.3) is 5.91 Å². The van der Waals surface area contributed by atoms with Crippen LogP contribution in [0.2, 0.25) is 0 Å². The molecule has 2 aliphatic heterocycles. The number of carbonyl (C=O) groups is 4. The molecule has 33 heavy (non-hydrogen) atoms. The summed E-state index contributed by atoms with van der Waals surface area (Å²) in [6.45, 7) is 6.71. The van der Waals surface area contributed by atoms with Gasteiger partial charge in [0.1, 0.15) is 11.6 Å². The van der Waals surface area contributed by atoms with Gasteiger partial charge < -0.3 is 25.0 Å². The Balaban J connectivity index is 1.72. The second-order valence-electron chi connectivity index (χ2n) is 9.24. The quantitative estimate of drug-likeness (QED) is 0.656. The molecule has 1 aromatic rings. The van der Waals surface area contributed by atoms with Gasteiger partial charge in [-0.15, -0.1) is 0 Å². The van der Waals surface area contributed by atoms with Gasteiger partial charge in [0.15, 0.2) is 0 Å². The molecule has 0 bridgehead atoms. The van der Waals surface area contributed by atoms with Crippen LogP contribution in [0.1, 0.15) is 61.5 Å². The van der Waals surface area contributed by atoms with Crippen LogP contribution < -0.4 is 5.73 Å². The van der Waals surface area contributed by atoms with E-state index in [1.54, 1.807) is 4.90 Å². The van der Waals surface area contributed by atoms with E-state index in [1.165, 1.54) is 12.0 Å². The van der Waals surface area contributed by atoms with Crippen LogP contribution in [0.3, 0.4) is 0 Å². The van der Waals surface area contributed by atoms with Crippen LogP contribution in [0.5, 0.6) is 0 Å². The van der Waals surface area contributed by atoms with Crippen molar-refractivity contribution in [2.24, 2.45) is 5.73 Å². The van der Waals surface area contributed by atoms with E-state index in [4.69, 9.17) is 10.5 Å². The summed E-state index contributed by atoms with van der Waals surface area (Å²) in [5, 5.41) is 0. The maximum atomic E-state index is 13.1. The molecule has 0 saturated carbocycles. The average molecular weight is 458 g/mol. The van der Waals surface area contributed by atoms with E-state index in [-0.39, 0.29) is 31.4 Å². The molecule has 9 nitrogen and oxygen atoms in total. The van der Waals surface area contributed by atoms with Crippen molar-refractivity contribution >= 4 is 29.5 Å². The van der Waals surface area contributed by atoms with Crippen molar-refractivity contribution in [1.29, 1.82) is 0 Å². The molecule has 3 rings (SSSR count). The van der Waals surface area contributed by atoms with Crippen molar-refractivity contribution in [3.8, 4) is 0 Å². The van der Waals surface area contributed by atoms with Crippen LogP contribution in [0, 0.1) is 0 Å². The number of rotatable bonds is 6. The molecule has 0 aromatic heterocycles. The topological polar surface area (TPSA) is 119 Å². The Hall–Kier alpha value is -3.36. The number of amides is 3. The monoisotopic (exact) mass is 457 g/mol. The highest BCUT2D eigenvalue weighted by molar-refractivity contribution is 6.01. The standard InChI is InChI=1S/C24H31N3O6/c1-24(2,3)33-23(31)26-11-9-15(10-12-26)16-5-6-17-14-27(22(30)18(17)13-16)19(21(25)29)7-8-20(28)32-4/h5-6,9,13,19H,7-8,10-12,14H2,1-4H3,(H2,25,29)/t19-/m0/s1. The van der Waals surface area contributed by atoms with Gasteiger partial charge in [0.2, 0.25) is 5.91 Å². The summed E-state index contributed by atoms with van der Waals surface area (Å²) in [5.74, 6) is -1.40. The lowest BCUT2D eigenvalue weighted by Crippen LogP contribution is -2.45. The molecule has 2 aliphatic rings. The summed E-state index contributed by atoms with van der Waals surface area (Å²) < 4.78 is 10.1. The molecule has 178 valence electrons. The number of carbonyl (C=O) groups excluding carboxylic acids is 4. The zero-order valence-corrected chi connectivity index (χ0v) is 19.6. The van der Waals surface area contributed by atoms with Gasteiger partial charge in [0, 0.05) is 31.6 Å². The van der Waals surface area contributed by atoms with Crippen LogP contribution >= 0.6 is 0 Å². The fraction of sp³-hybridized carbons (Fsp3) is 0.500. The molecule has 2 N–H and O–H groups in total. The van der Waals surface area contributed by atoms with Gasteiger partial charge in [-0.2, -0.15) is 0 Å². The highest BCUT2D eigenvalue weighted by Crippen LogP contribution is 2.31. The third-order valence-corrected chi connectivity index (χ3v) is 5.73. The number of hydrogen-bond donors (Lipinski definition) is 1. The van der Waals surface area contributed by atoms with Crippen LogP contribution in [-0.2, 0) is 25.6 Å². The van der Waals surface area contributed by atoms with E-state index in [0.717, 1.165) is 16.7 Å². The smallest absolute Gasteiger partial charge is 0.410 e. The van der Waals surface area contributed by atoms with E-state index < -0.39 is 23.5 Å². The number of methoxy groups -OCH3 is 1. The molecule has 9 heteroatoms. The van der Waals surface area contributed by atoms with Gasteiger partial charge in [-0.3, -0.25) is 14.4 Å². The van der Waals surface area contributed by atoms with E-state index in [9.17, 15) is 19.2 Å². The third kappa shape index (κ3) is 5.71. The Labute approximate surface area is 193 Å². The van der Waals surface area contributed by atoms with Gasteiger partial charge >= 0.3 is 12.1 Å². The second-order valence-corrected chi connectivity index (χ2v) is 9.24. The number of nitrogens with two attached hydrogens (primary N) is 1. The minimum Gasteiger partial charge on any atom is -0.469 e. The first-order valence-corrected chi connectivity index (χ1v) is 11.0. The van der Waals surface area contributed by atoms with Crippen molar-refractivity contribution in [1.82, 2.24) is 9.80 Å². The number of nitrogens with zero attached hydrogens (tertiary/aromatic N) is 2. The summed E-state index contributed by atoms with van der Waals surface area (Å²) in [6.07, 6.45) is 2.37. The Bertz CT molecular complexity index is 994. The molecule has 3 amide bonds. The van der Waals surface area contributed by atoms with Gasteiger partial charge in [-0.1, -0.05) is 18.2 Å². The summed E-state index contributed by atoms with van der Waals surface area (Å²) in [7, 11) is 1.27. The second kappa shape index (κ2) is 9.64. The zero-order chi connectivity index (χ0) is 24.3. The molecule has 1 atom stereocenters. The highest BCUT2D eigenvalue weighted by atomic mass is 16.6. The van der Waals surface area contributed by atoms with Crippen molar-refractivity contribution in [3.63, 3.8) is 0 Å². The molecule has 2 heterocycles. The number of fused-ring (bicyclic) bond motifs is 1. The Morgan fingerprint density at radius 1 is 1.21 bits per heavy atom. The third-order valence-electron chi connectivity index (χ3n) is 5.73. The lowest BCUT2D eigenvalue weighted by atomic mass is 9.96. The van der Waals surface area contributed by atoms with Crippen LogP contribution in [0.4, 0.5) is 4.79 Å². The number of ether oxygens (including phenoxy) is 2. The fourth-order valence-corrected chi connectivity index (χ4v) is 4.01. The SMILES string of the molecule is COC(=O)CC[C@@H](C(N)=O)N1Cc2ccc(C3=CCN(C(=O)OC(C)(C)C)CC3)cc2C1=O. The number of hydrogen-bond acceptors (Lipinski definition) is 6. The molecule has 0 unspecified atom stereocenters. The largest absolute Gasteiger partial charge is 0.469 e. The Kier molecular flexibility index (Phi) is 7.09. The summed E-state index contributed by atoms with van der Waals surface area (Å²) in [5.41, 5.74) is 8.25. The van der Waals surface area contributed by atoms with E-state index in [0.29, 0.717) is 25.1 Å². The van der Waals surface area contributed by atoms with Crippen molar-refractivity contribution in [2.45, 2.75) is 58.2 Å². The molecule has 0 saturated heterocycles. The molecular weight excluding hydrogens is 426 g/mol. The molecule has 0 aliphatic carbocycles. The number of benzene rings is 1. The molecular formula is C24H31N3O6. The van der Waals surface area contributed by atoms with Crippen molar-refractivity contribution in [3.05, 3.63) is 41.0 Å². The molecule has 0 spiro atoms. The van der Waals surface area contributed by atoms with Crippen LogP contribution in [0.15, 0.2) is 24.3 Å². The summed E-state index contributed by atoms with van der Waals surface area (Å²) in [4.78, 5) is 51.9. The first-order valence-electron chi connectivity index (χ1n) is 11.0. The van der Waals surface area contributed by atoms with Crippen LogP contribution in [-0.4, -0.2) is 65.5 Å². The van der Waals surface area contributed by atoms with Crippen LogP contribution in [0.25, 0.3) is 5.57 Å². The average Bonchev–Trinajstić information content (AvgIpc) is 3.08. The number of esters is 1. The Morgan fingerprint density at radius 2 is 1.94 bits per heavy atom. The lowest BCUT2D eigenvalue weighted by molar-refractivity contribution is -0.141. The summed E-state index contributed by atoms with van der Waals surface area (Å²) >= 11 is 0. The number of primary amides is 1. The normalized spacial score (nSPS) is 16.7. The first-order chi connectivity index (χ1) is 15.5. The molecule has 0 fully saturated rings. The minimum absolute atomic E-state index is 0.00346. The maximum Gasteiger partial charge on any atom is 0.410 e. The van der Waals surface area contributed by atoms with E-state index in [1.807, 2.05) is 45.0 Å². The van der Waals surface area contributed by atoms with Gasteiger partial charge in [-0.25, -0.2) is 4.79 Å². The Morgan fingerprint density at radius 3 is 2.52 bits per heavy atom. The fourth-order valence-electron chi connectivity index (χ4n) is 4.01. The predicted octanol–water partition coefficient (Wildman–Crippen LogP) is 2.47.